The Balaban J connectivity index is 1.72. The standard InChI is InChI=1S/C21H28N4O5/c1-21(2,3)17-11-18(24(4)23-17)22-19(26)12-25(8-9-28-5)20(27)14-6-7-15-16(10-14)30-13-29-15/h6-7,10-11H,8-9,12-13H2,1-5H3,(H,22,26). The van der Waals surface area contributed by atoms with E-state index in [1.54, 1.807) is 37.0 Å². The van der Waals surface area contributed by atoms with Crippen LogP contribution in [0.3, 0.4) is 0 Å². The number of anilines is 1. The van der Waals surface area contributed by atoms with Crippen LogP contribution in [0.2, 0.25) is 0 Å². The molecule has 30 heavy (non-hydrogen) atoms. The SMILES string of the molecule is COCCN(CC(=O)Nc1cc(C(C)(C)C)nn1C)C(=O)c1ccc2c(c1)OCO2. The van der Waals surface area contributed by atoms with Gasteiger partial charge in [0.2, 0.25) is 12.7 Å². The molecule has 162 valence electrons. The van der Waals surface area contributed by atoms with E-state index in [1.807, 2.05) is 6.07 Å². The van der Waals surface area contributed by atoms with Crippen LogP contribution in [0.5, 0.6) is 11.5 Å². The Kier molecular flexibility index (Phi) is 6.31. The van der Waals surface area contributed by atoms with E-state index < -0.39 is 0 Å². The largest absolute Gasteiger partial charge is 0.454 e. The van der Waals surface area contributed by atoms with Gasteiger partial charge in [0.05, 0.1) is 12.3 Å². The fourth-order valence-corrected chi connectivity index (χ4v) is 2.97. The summed E-state index contributed by atoms with van der Waals surface area (Å²) in [6.45, 7) is 6.75. The minimum Gasteiger partial charge on any atom is -0.454 e. The van der Waals surface area contributed by atoms with Gasteiger partial charge in [0.25, 0.3) is 5.91 Å². The van der Waals surface area contributed by atoms with Gasteiger partial charge in [0.1, 0.15) is 12.4 Å². The molecule has 1 aromatic carbocycles. The number of rotatable bonds is 7. The lowest BCUT2D eigenvalue weighted by Gasteiger charge is -2.22. The number of hydrogen-bond acceptors (Lipinski definition) is 6. The summed E-state index contributed by atoms with van der Waals surface area (Å²) in [7, 11) is 3.32. The summed E-state index contributed by atoms with van der Waals surface area (Å²) in [6.07, 6.45) is 0. The lowest BCUT2D eigenvalue weighted by molar-refractivity contribution is -0.117. The van der Waals surface area contributed by atoms with Gasteiger partial charge in [-0.2, -0.15) is 5.10 Å². The van der Waals surface area contributed by atoms with E-state index in [4.69, 9.17) is 14.2 Å². The Morgan fingerprint density at radius 2 is 1.97 bits per heavy atom. The number of carbonyl (C=O) groups is 2. The van der Waals surface area contributed by atoms with Crippen LogP contribution in [0.1, 0.15) is 36.8 Å². The second-order valence-electron chi connectivity index (χ2n) is 8.12. The van der Waals surface area contributed by atoms with Crippen LogP contribution >= 0.6 is 0 Å². The Morgan fingerprint density at radius 1 is 1.23 bits per heavy atom. The Hall–Kier alpha value is -3.07. The Morgan fingerprint density at radius 3 is 2.63 bits per heavy atom. The quantitative estimate of drug-likeness (QED) is 0.743. The second kappa shape index (κ2) is 8.74. The van der Waals surface area contributed by atoms with Crippen molar-refractivity contribution >= 4 is 17.6 Å². The van der Waals surface area contributed by atoms with Crippen molar-refractivity contribution in [3.63, 3.8) is 0 Å². The van der Waals surface area contributed by atoms with E-state index in [0.717, 1.165) is 5.69 Å². The van der Waals surface area contributed by atoms with E-state index in [2.05, 4.69) is 31.2 Å². The summed E-state index contributed by atoms with van der Waals surface area (Å²) in [5.41, 5.74) is 1.15. The van der Waals surface area contributed by atoms with Crippen LogP contribution in [0.4, 0.5) is 5.82 Å². The molecular formula is C21H28N4O5. The van der Waals surface area contributed by atoms with Crippen molar-refractivity contribution in [1.29, 1.82) is 0 Å². The van der Waals surface area contributed by atoms with Crippen LogP contribution in [0, 0.1) is 0 Å². The van der Waals surface area contributed by atoms with Crippen molar-refractivity contribution in [2.45, 2.75) is 26.2 Å². The van der Waals surface area contributed by atoms with Crippen molar-refractivity contribution in [2.75, 3.05) is 38.9 Å². The summed E-state index contributed by atoms with van der Waals surface area (Å²) >= 11 is 0. The summed E-state index contributed by atoms with van der Waals surface area (Å²) in [4.78, 5) is 27.1. The molecule has 0 bridgehead atoms. The third kappa shape index (κ3) is 4.91. The average molecular weight is 416 g/mol. The van der Waals surface area contributed by atoms with Crippen molar-refractivity contribution in [2.24, 2.45) is 7.05 Å². The molecule has 3 rings (SSSR count). The van der Waals surface area contributed by atoms with Crippen LogP contribution in [-0.2, 0) is 22.0 Å². The van der Waals surface area contributed by atoms with Crippen molar-refractivity contribution in [3.8, 4) is 11.5 Å². The smallest absolute Gasteiger partial charge is 0.254 e. The maximum atomic E-state index is 13.0. The fourth-order valence-electron chi connectivity index (χ4n) is 2.97. The summed E-state index contributed by atoms with van der Waals surface area (Å²) in [5, 5.41) is 7.30. The molecule has 0 atom stereocenters. The highest BCUT2D eigenvalue weighted by molar-refractivity contribution is 5.99. The number of aryl methyl sites for hydroxylation is 1. The Bertz CT molecular complexity index is 932. The molecule has 2 aromatic rings. The average Bonchev–Trinajstić information content (AvgIpc) is 3.30. The number of ether oxygens (including phenoxy) is 3. The first-order chi connectivity index (χ1) is 14.2. The van der Waals surface area contributed by atoms with Gasteiger partial charge in [-0.1, -0.05) is 20.8 Å². The summed E-state index contributed by atoms with van der Waals surface area (Å²) in [6, 6.07) is 6.81. The molecule has 0 unspecified atom stereocenters. The zero-order valence-electron chi connectivity index (χ0n) is 18.0. The van der Waals surface area contributed by atoms with E-state index in [1.165, 1.54) is 4.90 Å². The van der Waals surface area contributed by atoms with Gasteiger partial charge in [-0.25, -0.2) is 0 Å². The Labute approximate surface area is 175 Å². The topological polar surface area (TPSA) is 94.9 Å². The second-order valence-corrected chi connectivity index (χ2v) is 8.12. The van der Waals surface area contributed by atoms with Crippen LogP contribution in [0.15, 0.2) is 24.3 Å². The molecule has 9 heteroatoms. The van der Waals surface area contributed by atoms with Crippen molar-refractivity contribution in [3.05, 3.63) is 35.5 Å². The monoisotopic (exact) mass is 416 g/mol. The predicted octanol–water partition coefficient (Wildman–Crippen LogP) is 2.17. The maximum absolute atomic E-state index is 13.0. The lowest BCUT2D eigenvalue weighted by atomic mass is 9.92. The van der Waals surface area contributed by atoms with Crippen LogP contribution in [-0.4, -0.2) is 60.1 Å². The lowest BCUT2D eigenvalue weighted by Crippen LogP contribution is -2.40. The van der Waals surface area contributed by atoms with Crippen molar-refractivity contribution in [1.82, 2.24) is 14.7 Å². The molecule has 0 saturated heterocycles. The third-order valence-electron chi connectivity index (χ3n) is 4.72. The first-order valence-corrected chi connectivity index (χ1v) is 9.71. The fraction of sp³-hybridized carbons (Fsp3) is 0.476. The molecule has 2 amide bonds. The molecule has 0 aliphatic carbocycles. The van der Waals surface area contributed by atoms with Gasteiger partial charge in [-0.15, -0.1) is 0 Å². The van der Waals surface area contributed by atoms with E-state index in [9.17, 15) is 9.59 Å². The van der Waals surface area contributed by atoms with Gasteiger partial charge in [-0.05, 0) is 18.2 Å². The predicted molar refractivity (Wildman–Crippen MR) is 111 cm³/mol. The van der Waals surface area contributed by atoms with Gasteiger partial charge in [0, 0.05) is 37.7 Å². The maximum Gasteiger partial charge on any atom is 0.254 e. The number of fused-ring (bicyclic) bond motifs is 1. The van der Waals surface area contributed by atoms with Crippen LogP contribution < -0.4 is 14.8 Å². The first kappa shape index (κ1) is 21.6. The van der Waals surface area contributed by atoms with Gasteiger partial charge in [0.15, 0.2) is 11.5 Å². The number of benzene rings is 1. The van der Waals surface area contributed by atoms with E-state index in [0.29, 0.717) is 29.5 Å². The molecule has 1 aliphatic heterocycles. The number of nitrogens with zero attached hydrogens (tertiary/aromatic N) is 3. The zero-order valence-corrected chi connectivity index (χ0v) is 18.0. The van der Waals surface area contributed by atoms with Gasteiger partial charge < -0.3 is 24.4 Å². The molecule has 2 heterocycles. The van der Waals surface area contributed by atoms with E-state index >= 15 is 0 Å². The summed E-state index contributed by atoms with van der Waals surface area (Å²) < 4.78 is 17.4. The molecule has 1 aliphatic rings. The molecular weight excluding hydrogens is 388 g/mol. The first-order valence-electron chi connectivity index (χ1n) is 9.71. The number of hydrogen-bond donors (Lipinski definition) is 1. The number of carbonyl (C=O) groups excluding carboxylic acids is 2. The number of amides is 2. The highest BCUT2D eigenvalue weighted by Gasteiger charge is 2.24. The molecule has 1 N–H and O–H groups in total. The zero-order chi connectivity index (χ0) is 21.9. The van der Waals surface area contributed by atoms with Gasteiger partial charge in [-0.3, -0.25) is 14.3 Å². The minimum absolute atomic E-state index is 0.118. The number of nitrogens with one attached hydrogen (secondary N) is 1. The highest BCUT2D eigenvalue weighted by Crippen LogP contribution is 2.32. The molecule has 1 aromatic heterocycles. The molecule has 0 spiro atoms. The van der Waals surface area contributed by atoms with Gasteiger partial charge >= 0.3 is 0 Å². The normalized spacial score (nSPS) is 12.7. The number of aromatic nitrogens is 2. The van der Waals surface area contributed by atoms with Crippen LogP contribution in [0.25, 0.3) is 0 Å². The molecule has 0 saturated carbocycles. The number of methoxy groups -OCH3 is 1. The van der Waals surface area contributed by atoms with E-state index in [-0.39, 0.29) is 37.1 Å². The third-order valence-corrected chi connectivity index (χ3v) is 4.72. The molecule has 0 fully saturated rings. The molecule has 9 nitrogen and oxygen atoms in total. The minimum atomic E-state index is -0.316. The molecule has 0 radical (unpaired) electrons. The summed E-state index contributed by atoms with van der Waals surface area (Å²) in [5.74, 6) is 1.08. The van der Waals surface area contributed by atoms with Crippen molar-refractivity contribution < 1.29 is 23.8 Å². The highest BCUT2D eigenvalue weighted by atomic mass is 16.7.